The number of piperidine rings is 1. The van der Waals surface area contributed by atoms with Gasteiger partial charge in [-0.05, 0) is 49.6 Å². The van der Waals surface area contributed by atoms with E-state index in [1.165, 1.54) is 12.2 Å². The third-order valence-electron chi connectivity index (χ3n) is 7.08. The lowest BCUT2D eigenvalue weighted by Gasteiger charge is -2.39. The number of pyridine rings is 1. The maximum Gasteiger partial charge on any atom is 0.276 e. The molecule has 1 aromatic carbocycles. The van der Waals surface area contributed by atoms with E-state index in [4.69, 9.17) is 5.73 Å². The summed E-state index contributed by atoms with van der Waals surface area (Å²) in [5, 5.41) is 0.662. The largest absolute Gasteiger partial charge is 0.368 e. The number of likely N-dealkylation sites (tertiary alicyclic amines) is 1. The number of nitrogen functional groups attached to an aromatic ring is 1. The maximum atomic E-state index is 14.2. The van der Waals surface area contributed by atoms with Crippen molar-refractivity contribution in [2.75, 3.05) is 41.7 Å². The van der Waals surface area contributed by atoms with Gasteiger partial charge in [-0.1, -0.05) is 25.3 Å². The Morgan fingerprint density at radius 1 is 1.11 bits per heavy atom. The number of nitrogens with two attached hydrogens (primary N) is 1. The van der Waals surface area contributed by atoms with Crippen LogP contribution in [-0.4, -0.2) is 57.4 Å². The van der Waals surface area contributed by atoms with Crippen LogP contribution in [0, 0.1) is 6.92 Å². The first-order valence-corrected chi connectivity index (χ1v) is 12.2. The van der Waals surface area contributed by atoms with Gasteiger partial charge in [-0.15, -0.1) is 0 Å². The molecular weight excluding hydrogens is 470 g/mol. The van der Waals surface area contributed by atoms with Crippen molar-refractivity contribution < 1.29 is 9.59 Å². The Morgan fingerprint density at radius 2 is 1.89 bits per heavy atom. The number of hydrogen-bond donors (Lipinski definition) is 1. The highest BCUT2D eigenvalue weighted by Crippen LogP contribution is 2.40. The topological polar surface area (TPSA) is 118 Å². The number of aryl methyl sites for hydroxylation is 1. The van der Waals surface area contributed by atoms with Crippen molar-refractivity contribution in [3.63, 3.8) is 0 Å². The van der Waals surface area contributed by atoms with Crippen LogP contribution < -0.4 is 21.1 Å². The van der Waals surface area contributed by atoms with Crippen molar-refractivity contribution >= 4 is 45.9 Å². The number of aromatic nitrogens is 3. The molecule has 10 nitrogen and oxygen atoms in total. The minimum absolute atomic E-state index is 0.0701. The smallest absolute Gasteiger partial charge is 0.276 e. The molecule has 2 aliphatic rings. The molecule has 0 spiro atoms. The zero-order chi connectivity index (χ0) is 26.3. The number of anilines is 4. The summed E-state index contributed by atoms with van der Waals surface area (Å²) in [6, 6.07) is 7.24. The van der Waals surface area contributed by atoms with Crippen molar-refractivity contribution in [3.8, 4) is 0 Å². The molecule has 1 saturated heterocycles. The monoisotopic (exact) mass is 499 g/mol. The summed E-state index contributed by atoms with van der Waals surface area (Å²) in [4.78, 5) is 53.1. The second-order valence-electron chi connectivity index (χ2n) is 9.28. The fourth-order valence-electron chi connectivity index (χ4n) is 5.37. The van der Waals surface area contributed by atoms with Gasteiger partial charge in [0.25, 0.3) is 11.5 Å². The molecule has 0 aliphatic carbocycles. The van der Waals surface area contributed by atoms with E-state index in [1.807, 2.05) is 30.0 Å². The second-order valence-corrected chi connectivity index (χ2v) is 9.28. The van der Waals surface area contributed by atoms with Crippen LogP contribution in [0.25, 0.3) is 11.0 Å². The van der Waals surface area contributed by atoms with Crippen LogP contribution in [0.5, 0.6) is 0 Å². The highest BCUT2D eigenvalue weighted by molar-refractivity contribution is 6.05. The first-order chi connectivity index (χ1) is 17.8. The molecule has 2 aliphatic heterocycles. The van der Waals surface area contributed by atoms with E-state index in [9.17, 15) is 14.4 Å². The molecule has 0 unspecified atom stereocenters. The van der Waals surface area contributed by atoms with Crippen molar-refractivity contribution in [1.82, 2.24) is 19.4 Å². The van der Waals surface area contributed by atoms with E-state index in [-0.39, 0.29) is 29.4 Å². The third kappa shape index (κ3) is 4.14. The van der Waals surface area contributed by atoms with Crippen molar-refractivity contribution in [1.29, 1.82) is 0 Å². The molecule has 3 aromatic rings. The first kappa shape index (κ1) is 24.2. The molecular formula is C27H29N7O3. The van der Waals surface area contributed by atoms with Crippen molar-refractivity contribution in [3.05, 3.63) is 71.7 Å². The summed E-state index contributed by atoms with van der Waals surface area (Å²) in [7, 11) is 0. The number of amides is 2. The molecule has 190 valence electrons. The third-order valence-corrected chi connectivity index (χ3v) is 7.08. The minimum atomic E-state index is -0.289. The number of fused-ring (bicyclic) bond motifs is 2. The molecule has 2 aromatic heterocycles. The average molecular weight is 500 g/mol. The molecule has 10 heteroatoms. The lowest BCUT2D eigenvalue weighted by atomic mass is 10.0. The summed E-state index contributed by atoms with van der Waals surface area (Å²) < 4.78 is 1.65. The number of carbonyl (C=O) groups excluding carboxylic acids is 2. The zero-order valence-electron chi connectivity index (χ0n) is 20.8. The van der Waals surface area contributed by atoms with Crippen LogP contribution in [0.4, 0.5) is 23.0 Å². The summed E-state index contributed by atoms with van der Waals surface area (Å²) >= 11 is 0. The van der Waals surface area contributed by atoms with E-state index < -0.39 is 0 Å². The summed E-state index contributed by atoms with van der Waals surface area (Å²) in [5.41, 5.74) is 8.99. The van der Waals surface area contributed by atoms with E-state index in [0.717, 1.165) is 23.4 Å². The number of carbonyl (C=O) groups is 2. The second kappa shape index (κ2) is 9.53. The van der Waals surface area contributed by atoms with Crippen molar-refractivity contribution in [2.24, 2.45) is 0 Å². The highest BCUT2D eigenvalue weighted by atomic mass is 16.2. The number of rotatable bonds is 4. The van der Waals surface area contributed by atoms with Crippen LogP contribution in [0.1, 0.15) is 24.4 Å². The number of hydrogen-bond acceptors (Lipinski definition) is 7. The Morgan fingerprint density at radius 3 is 2.65 bits per heavy atom. The van der Waals surface area contributed by atoms with Crippen LogP contribution in [0.3, 0.4) is 0 Å². The summed E-state index contributed by atoms with van der Waals surface area (Å²) in [6.07, 6.45) is 5.66. The predicted molar refractivity (Wildman–Crippen MR) is 144 cm³/mol. The van der Waals surface area contributed by atoms with E-state index in [2.05, 4.69) is 23.1 Å². The fourth-order valence-corrected chi connectivity index (χ4v) is 5.37. The Hall–Kier alpha value is -4.47. The maximum absolute atomic E-state index is 14.2. The van der Waals surface area contributed by atoms with Gasteiger partial charge in [-0.3, -0.25) is 19.0 Å². The van der Waals surface area contributed by atoms with Gasteiger partial charge in [0.1, 0.15) is 11.3 Å². The van der Waals surface area contributed by atoms with Gasteiger partial charge in [-0.25, -0.2) is 4.98 Å². The molecule has 0 bridgehead atoms. The minimum Gasteiger partial charge on any atom is -0.368 e. The van der Waals surface area contributed by atoms with Crippen LogP contribution in [0.15, 0.2) is 60.6 Å². The van der Waals surface area contributed by atoms with E-state index in [0.29, 0.717) is 49.3 Å². The molecule has 2 N–H and O–H groups in total. The van der Waals surface area contributed by atoms with Gasteiger partial charge in [0, 0.05) is 37.8 Å². The van der Waals surface area contributed by atoms with Gasteiger partial charge in [0.05, 0.1) is 17.4 Å². The Labute approximate surface area is 214 Å². The SMILES string of the molecule is C=CC(=O)N1CCC[C@@H](n2c(=O)c(N3CCN(C(=O)C=C)c4c(C)cccc43)cc3cnc(N)nc32)C1. The Bertz CT molecular complexity index is 1500. The van der Waals surface area contributed by atoms with E-state index in [1.54, 1.807) is 26.6 Å². The molecule has 4 heterocycles. The molecule has 1 atom stereocenters. The number of para-hydroxylation sites is 1. The Balaban J connectivity index is 1.69. The van der Waals surface area contributed by atoms with E-state index >= 15 is 0 Å². The predicted octanol–water partition coefficient (Wildman–Crippen LogP) is 2.70. The number of nitrogens with zero attached hydrogens (tertiary/aromatic N) is 6. The van der Waals surface area contributed by atoms with Gasteiger partial charge in [0.2, 0.25) is 11.9 Å². The first-order valence-electron chi connectivity index (χ1n) is 12.2. The highest BCUT2D eigenvalue weighted by Gasteiger charge is 2.32. The lowest BCUT2D eigenvalue weighted by molar-refractivity contribution is -0.127. The number of benzene rings is 1. The van der Waals surface area contributed by atoms with Crippen molar-refractivity contribution in [2.45, 2.75) is 25.8 Å². The van der Waals surface area contributed by atoms with Crippen LogP contribution in [0.2, 0.25) is 0 Å². The summed E-state index contributed by atoms with van der Waals surface area (Å²) in [6.45, 7) is 11.0. The van der Waals surface area contributed by atoms with Gasteiger partial charge in [0.15, 0.2) is 0 Å². The zero-order valence-corrected chi connectivity index (χ0v) is 20.8. The quantitative estimate of drug-likeness (QED) is 0.549. The molecule has 0 radical (unpaired) electrons. The molecule has 5 rings (SSSR count). The molecule has 2 amide bonds. The normalized spacial score (nSPS) is 17.4. The Kier molecular flexibility index (Phi) is 6.24. The van der Waals surface area contributed by atoms with Crippen LogP contribution >= 0.6 is 0 Å². The fraction of sp³-hybridized carbons (Fsp3) is 0.296. The average Bonchev–Trinajstić information content (AvgIpc) is 2.91. The molecule has 0 saturated carbocycles. The lowest BCUT2D eigenvalue weighted by Crippen LogP contribution is -2.45. The van der Waals surface area contributed by atoms with Gasteiger partial charge >= 0.3 is 0 Å². The van der Waals surface area contributed by atoms with Gasteiger partial charge in [-0.2, -0.15) is 4.98 Å². The standard InChI is InChI=1S/C27H29N7O3/c1-4-22(35)31-11-7-9-19(16-31)34-25-18(15-29-27(28)30-25)14-21(26(34)37)32-12-13-33(23(36)5-2)24-17(3)8-6-10-20(24)32/h4-6,8,10,14-15,19H,1-2,7,9,11-13,16H2,3H3,(H2,28,29,30)/t19-/m1/s1. The van der Waals surface area contributed by atoms with Gasteiger partial charge < -0.3 is 20.4 Å². The summed E-state index contributed by atoms with van der Waals surface area (Å²) in [5.74, 6) is -0.287. The van der Waals surface area contributed by atoms with Crippen LogP contribution in [-0.2, 0) is 9.59 Å². The molecule has 37 heavy (non-hydrogen) atoms. The molecule has 1 fully saturated rings.